The maximum absolute atomic E-state index is 7.80. The van der Waals surface area contributed by atoms with Crippen molar-refractivity contribution in [3.63, 3.8) is 0 Å². The summed E-state index contributed by atoms with van der Waals surface area (Å²) in [6.45, 7) is 19.1. The Balaban J connectivity index is 1.38. The highest BCUT2D eigenvalue weighted by molar-refractivity contribution is 8.01. The average Bonchev–Trinajstić information content (AvgIpc) is 3.67. The highest BCUT2D eigenvalue weighted by Crippen LogP contribution is 2.68. The molecule has 1 saturated carbocycles. The zero-order valence-electron chi connectivity index (χ0n) is 34.1. The third-order valence-corrected chi connectivity index (χ3v) is 14.9. The molecule has 9 rings (SSSR count). The average molecular weight is 751 g/mol. The van der Waals surface area contributed by atoms with E-state index < -0.39 is 5.60 Å². The Morgan fingerprint density at radius 1 is 0.673 bits per heavy atom. The highest BCUT2D eigenvalue weighted by Gasteiger charge is 2.56. The van der Waals surface area contributed by atoms with Crippen molar-refractivity contribution in [1.82, 2.24) is 0 Å². The summed E-state index contributed by atoms with van der Waals surface area (Å²) >= 11 is 1.88. The van der Waals surface area contributed by atoms with Gasteiger partial charge in [0.25, 0.3) is 0 Å². The summed E-state index contributed by atoms with van der Waals surface area (Å²) < 4.78 is 26.2. The van der Waals surface area contributed by atoms with Crippen LogP contribution in [0.5, 0.6) is 23.0 Å². The molecule has 5 aromatic carbocycles. The van der Waals surface area contributed by atoms with E-state index in [1.807, 2.05) is 36.0 Å². The fourth-order valence-corrected chi connectivity index (χ4v) is 12.8. The third kappa shape index (κ3) is 5.31. The van der Waals surface area contributed by atoms with Crippen LogP contribution in [0.1, 0.15) is 102 Å². The van der Waals surface area contributed by atoms with Gasteiger partial charge in [0.1, 0.15) is 23.0 Å². The number of benzene rings is 5. The van der Waals surface area contributed by atoms with Gasteiger partial charge in [0, 0.05) is 39.3 Å². The summed E-state index contributed by atoms with van der Waals surface area (Å²) in [5.41, 5.74) is 8.01. The van der Waals surface area contributed by atoms with Gasteiger partial charge in [-0.05, 0) is 100 Å². The number of hydrogen-bond acceptors (Lipinski definition) is 5. The van der Waals surface area contributed by atoms with Crippen LogP contribution in [0.2, 0.25) is 0 Å². The molecular formula is C50H54O4S. The van der Waals surface area contributed by atoms with E-state index in [-0.39, 0.29) is 21.2 Å². The molecule has 0 unspecified atom stereocenters. The molecule has 2 heterocycles. The molecule has 0 N–H and O–H groups in total. The Morgan fingerprint density at radius 3 is 1.82 bits per heavy atom. The van der Waals surface area contributed by atoms with Gasteiger partial charge in [-0.3, -0.25) is 0 Å². The van der Waals surface area contributed by atoms with Crippen LogP contribution in [0, 0.1) is 22.7 Å². The van der Waals surface area contributed by atoms with Gasteiger partial charge in [0.2, 0.25) is 0 Å². The lowest BCUT2D eigenvalue weighted by Crippen LogP contribution is -2.44. The van der Waals surface area contributed by atoms with Crippen molar-refractivity contribution in [2.45, 2.75) is 95.5 Å². The molecule has 0 bridgehead atoms. The number of methoxy groups -OCH3 is 2. The molecule has 0 radical (unpaired) electrons. The van der Waals surface area contributed by atoms with Gasteiger partial charge in [-0.2, -0.15) is 0 Å². The normalized spacial score (nSPS) is 20.1. The number of hydrogen-bond donors (Lipinski definition) is 0. The molecule has 1 fully saturated rings. The predicted octanol–water partition coefficient (Wildman–Crippen LogP) is 13.2. The summed E-state index contributed by atoms with van der Waals surface area (Å²) in [5, 5.41) is 2.33. The van der Waals surface area contributed by atoms with Crippen LogP contribution in [0.4, 0.5) is 0 Å². The maximum atomic E-state index is 7.80. The first-order chi connectivity index (χ1) is 26.2. The Kier molecular flexibility index (Phi) is 8.13. The maximum Gasteiger partial charge on any atom is 0.178 e. The standard InChI is InChI=1S/C50H54O4S/c1-30(2)50(31(3)4)53-41-25-38-39(26-42(41)55-50)45-37(44-43(38)36-13-11-12-14-40(36)48(44)28-46(5,6)27-47(7,8)29-48)23-24-49(54-45,32-15-19-34(51-9)20-16-32)33-17-21-35(52-10)22-18-33/h11-26,30-31H,27-29H2,1-10H3. The minimum Gasteiger partial charge on any atom is -0.497 e. The van der Waals surface area contributed by atoms with Gasteiger partial charge in [-0.1, -0.05) is 122 Å². The zero-order valence-corrected chi connectivity index (χ0v) is 34.9. The summed E-state index contributed by atoms with van der Waals surface area (Å²) in [7, 11) is 3.42. The molecule has 2 aliphatic carbocycles. The minimum absolute atomic E-state index is 0.138. The number of fused-ring (bicyclic) bond motifs is 11. The molecule has 0 atom stereocenters. The number of rotatable bonds is 6. The summed E-state index contributed by atoms with van der Waals surface area (Å²) in [5.74, 6) is 4.18. The van der Waals surface area contributed by atoms with Crippen molar-refractivity contribution in [3.05, 3.63) is 119 Å². The predicted molar refractivity (Wildman–Crippen MR) is 227 cm³/mol. The summed E-state index contributed by atoms with van der Waals surface area (Å²) in [4.78, 5) is 0.826. The molecule has 284 valence electrons. The van der Waals surface area contributed by atoms with E-state index in [0.717, 1.165) is 52.4 Å². The van der Waals surface area contributed by atoms with Crippen molar-refractivity contribution in [1.29, 1.82) is 0 Å². The van der Waals surface area contributed by atoms with Crippen molar-refractivity contribution in [2.75, 3.05) is 14.2 Å². The first-order valence-corrected chi connectivity index (χ1v) is 20.8. The van der Waals surface area contributed by atoms with Crippen LogP contribution in [-0.2, 0) is 11.0 Å². The number of thioether (sulfide) groups is 1. The molecular weight excluding hydrogens is 697 g/mol. The van der Waals surface area contributed by atoms with Crippen LogP contribution in [0.3, 0.4) is 0 Å². The van der Waals surface area contributed by atoms with Crippen molar-refractivity contribution in [3.8, 4) is 34.1 Å². The zero-order chi connectivity index (χ0) is 38.7. The van der Waals surface area contributed by atoms with Gasteiger partial charge < -0.3 is 18.9 Å². The van der Waals surface area contributed by atoms with Gasteiger partial charge >= 0.3 is 0 Å². The first-order valence-electron chi connectivity index (χ1n) is 20.0. The number of ether oxygens (including phenoxy) is 4. The summed E-state index contributed by atoms with van der Waals surface area (Å²) in [6.07, 6.45) is 8.03. The van der Waals surface area contributed by atoms with E-state index in [9.17, 15) is 0 Å². The van der Waals surface area contributed by atoms with Crippen LogP contribution in [0.25, 0.3) is 28.0 Å². The van der Waals surface area contributed by atoms with Crippen LogP contribution in [0.15, 0.2) is 95.9 Å². The second-order valence-electron chi connectivity index (χ2n) is 18.7. The SMILES string of the molecule is COc1ccc(C2(c3ccc(OC)cc3)C=Cc3c4c(c5cc6c(cc5c3O2)SC(C(C)C)(C(C)C)O6)-c2ccccc2C42CC(C)(C)CC(C)(C)C2)cc1. The molecule has 4 nitrogen and oxygen atoms in total. The second kappa shape index (κ2) is 12.3. The van der Waals surface area contributed by atoms with Crippen LogP contribution in [-0.4, -0.2) is 19.2 Å². The second-order valence-corrected chi connectivity index (χ2v) is 20.0. The minimum atomic E-state index is -0.904. The quantitative estimate of drug-likeness (QED) is 0.173. The molecule has 0 saturated heterocycles. The smallest absolute Gasteiger partial charge is 0.178 e. The van der Waals surface area contributed by atoms with Gasteiger partial charge in [0.05, 0.1) is 19.1 Å². The fraction of sp³-hybridized carbons (Fsp3) is 0.400. The molecule has 2 aliphatic heterocycles. The molecule has 0 aromatic heterocycles. The van der Waals surface area contributed by atoms with Crippen LogP contribution >= 0.6 is 11.8 Å². The Hall–Kier alpha value is -4.35. The molecule has 5 heteroatoms. The lowest BCUT2D eigenvalue weighted by molar-refractivity contribution is 0.0641. The van der Waals surface area contributed by atoms with E-state index in [1.54, 1.807) is 14.2 Å². The lowest BCUT2D eigenvalue weighted by Gasteiger charge is -2.52. The van der Waals surface area contributed by atoms with Crippen LogP contribution < -0.4 is 18.9 Å². The largest absolute Gasteiger partial charge is 0.497 e. The monoisotopic (exact) mass is 750 g/mol. The van der Waals surface area contributed by atoms with Crippen molar-refractivity contribution < 1.29 is 18.9 Å². The van der Waals surface area contributed by atoms with Gasteiger partial charge in [-0.25, -0.2) is 0 Å². The van der Waals surface area contributed by atoms with Crippen molar-refractivity contribution in [2.24, 2.45) is 22.7 Å². The molecule has 4 aliphatic rings. The fourth-order valence-electron chi connectivity index (χ4n) is 11.5. The van der Waals surface area contributed by atoms with Gasteiger partial charge in [0.15, 0.2) is 10.5 Å². The first kappa shape index (κ1) is 36.3. The van der Waals surface area contributed by atoms with E-state index in [2.05, 4.69) is 128 Å². The van der Waals surface area contributed by atoms with Crippen molar-refractivity contribution >= 4 is 28.6 Å². The van der Waals surface area contributed by atoms with E-state index in [0.29, 0.717) is 11.8 Å². The van der Waals surface area contributed by atoms with Gasteiger partial charge in [-0.15, -0.1) is 0 Å². The Bertz CT molecular complexity index is 2290. The molecule has 55 heavy (non-hydrogen) atoms. The third-order valence-electron chi connectivity index (χ3n) is 13.0. The molecule has 0 amide bonds. The highest BCUT2D eigenvalue weighted by atomic mass is 32.2. The Labute approximate surface area is 331 Å². The van der Waals surface area contributed by atoms with E-state index >= 15 is 0 Å². The summed E-state index contributed by atoms with van der Waals surface area (Å²) in [6, 6.07) is 30.7. The van der Waals surface area contributed by atoms with E-state index in [1.165, 1.54) is 44.5 Å². The molecule has 1 spiro atoms. The Morgan fingerprint density at radius 2 is 1.25 bits per heavy atom. The molecule has 5 aromatic rings. The topological polar surface area (TPSA) is 36.9 Å². The lowest BCUT2D eigenvalue weighted by atomic mass is 9.52. The van der Waals surface area contributed by atoms with E-state index in [4.69, 9.17) is 18.9 Å².